The van der Waals surface area contributed by atoms with E-state index >= 15 is 0 Å². The van der Waals surface area contributed by atoms with Gasteiger partial charge >= 0.3 is 0 Å². The molecule has 0 aliphatic carbocycles. The highest BCUT2D eigenvalue weighted by Gasteiger charge is 1.40. The number of alkyl halides is 1. The molecular weight excluding hydrogens is 73.5 g/mol. The third-order valence-corrected chi connectivity index (χ3v) is 0. The molecule has 0 aliphatic heterocycles. The molecule has 0 unspecified atom stereocenters. The zero-order chi connectivity index (χ0) is 2.71. The molecule has 0 atom stereocenters. The Morgan fingerprint density at radius 3 is 1.75 bits per heavy atom. The van der Waals surface area contributed by atoms with E-state index in [-0.39, 0.29) is 7.43 Å². The maximum absolute atomic E-state index is 4.89. The fourth-order valence-electron chi connectivity index (χ4n) is 0. The van der Waals surface area contributed by atoms with Crippen LogP contribution in [0.15, 0.2) is 0 Å². The molecule has 0 aliphatic rings. The Bertz CT molecular complexity index is 6.00. The average Bonchev–Trinajstić information content (AvgIpc) is 0.918. The topological polar surface area (TPSA) is 27.6 Å². The van der Waals surface area contributed by atoms with Crippen molar-refractivity contribution >= 4 is 11.6 Å². The minimum atomic E-state index is 0. The van der Waals surface area contributed by atoms with E-state index in [1.54, 1.807) is 0 Å². The van der Waals surface area contributed by atoms with Crippen LogP contribution < -0.4 is 5.73 Å². The lowest BCUT2D eigenvalue weighted by atomic mass is 11.6. The van der Waals surface area contributed by atoms with Crippen LogP contribution in [0.5, 0.6) is 0 Å². The summed E-state index contributed by atoms with van der Waals surface area (Å²) in [5, 5.41) is 0. The Morgan fingerprint density at radius 1 is 1.75 bits per heavy atom. The molecular formula is C2H8ClN. The van der Waals surface area contributed by atoms with Gasteiger partial charge < -0.3 is 13.2 Å². The van der Waals surface area contributed by atoms with Gasteiger partial charge in [0.2, 0.25) is 0 Å². The van der Waals surface area contributed by atoms with Crippen LogP contribution in [0.3, 0.4) is 0 Å². The van der Waals surface area contributed by atoms with Crippen molar-refractivity contribution in [3.63, 3.8) is 0 Å². The zero-order valence-electron chi connectivity index (χ0n) is 2.79. The van der Waals surface area contributed by atoms with Gasteiger partial charge in [0.15, 0.2) is 0 Å². The van der Waals surface area contributed by atoms with Gasteiger partial charge in [-0.1, -0.05) is 11.6 Å². The molecule has 0 aromatic heterocycles. The lowest BCUT2D eigenvalue weighted by Gasteiger charge is -1.46. The van der Waals surface area contributed by atoms with Crippen molar-refractivity contribution in [2.24, 2.45) is 0 Å². The van der Waals surface area contributed by atoms with Crippen molar-refractivity contribution in [1.29, 1.82) is 0 Å². The van der Waals surface area contributed by atoms with E-state index in [0.717, 1.165) is 0 Å². The van der Waals surface area contributed by atoms with Crippen LogP contribution in [0.2, 0.25) is 0 Å². The molecule has 28 valence electrons. The minimum Gasteiger partial charge on any atom is -0.358 e. The quantitative estimate of drug-likeness (QED) is 0.239. The van der Waals surface area contributed by atoms with Crippen LogP contribution in [0.4, 0.5) is 0 Å². The second kappa shape index (κ2) is 10.5. The van der Waals surface area contributed by atoms with Gasteiger partial charge in [-0.3, -0.25) is 0 Å². The van der Waals surface area contributed by atoms with Gasteiger partial charge in [0.25, 0.3) is 0 Å². The second-order valence-electron chi connectivity index (χ2n) is 0.189. The highest BCUT2D eigenvalue weighted by atomic mass is 35.5. The van der Waals surface area contributed by atoms with Crippen molar-refractivity contribution in [3.8, 4) is 0 Å². The van der Waals surface area contributed by atoms with Gasteiger partial charge in [0, 0.05) is 0 Å². The van der Waals surface area contributed by atoms with Crippen LogP contribution in [-0.2, 0) is 0 Å². The SMILES string of the molecule is [CH3-].[NH3+]CCl. The van der Waals surface area contributed by atoms with E-state index in [2.05, 4.69) is 5.73 Å². The highest BCUT2D eigenvalue weighted by Crippen LogP contribution is 1.43. The highest BCUT2D eigenvalue weighted by molar-refractivity contribution is 6.16. The summed E-state index contributed by atoms with van der Waals surface area (Å²) in [4.78, 5) is 0. The summed E-state index contributed by atoms with van der Waals surface area (Å²) in [5.41, 5.74) is 3.25. The van der Waals surface area contributed by atoms with E-state index in [9.17, 15) is 0 Å². The number of hydrogen-bond donors (Lipinski definition) is 1. The maximum atomic E-state index is 4.89. The number of halogens is 1. The summed E-state index contributed by atoms with van der Waals surface area (Å²) in [6, 6.07) is 0.472. The van der Waals surface area contributed by atoms with Crippen LogP contribution in [0, 0.1) is 7.43 Å². The largest absolute Gasteiger partial charge is 0.358 e. The first kappa shape index (κ1) is 8.87. The molecule has 0 heterocycles. The fourth-order valence-corrected chi connectivity index (χ4v) is 0. The third-order valence-electron chi connectivity index (χ3n) is 0. The maximum Gasteiger partial charge on any atom is 0.150 e. The Hall–Kier alpha value is 0.250. The molecule has 0 spiro atoms. The fraction of sp³-hybridized carbons (Fsp3) is 0.500. The first-order valence-electron chi connectivity index (χ1n) is 0.767. The van der Waals surface area contributed by atoms with E-state index in [4.69, 9.17) is 11.6 Å². The molecule has 0 aromatic rings. The van der Waals surface area contributed by atoms with Crippen molar-refractivity contribution in [2.75, 3.05) is 6.00 Å². The zero-order valence-corrected chi connectivity index (χ0v) is 3.55. The molecule has 0 amide bonds. The van der Waals surface area contributed by atoms with Gasteiger partial charge in [0.1, 0.15) is 6.00 Å². The van der Waals surface area contributed by atoms with Gasteiger partial charge in [-0.15, -0.1) is 0 Å². The van der Waals surface area contributed by atoms with Crippen molar-refractivity contribution in [1.82, 2.24) is 0 Å². The number of quaternary nitrogens is 1. The molecule has 4 heavy (non-hydrogen) atoms. The minimum absolute atomic E-state index is 0. The smallest absolute Gasteiger partial charge is 0.150 e. The first-order chi connectivity index (χ1) is 1.41. The predicted octanol–water partition coefficient (Wildman–Crippen LogP) is -0.125. The van der Waals surface area contributed by atoms with Gasteiger partial charge in [-0.2, -0.15) is 0 Å². The molecule has 2 heteroatoms. The predicted molar refractivity (Wildman–Crippen MR) is 20.0 cm³/mol. The average molecular weight is 81.5 g/mol. The van der Waals surface area contributed by atoms with Crippen LogP contribution in [0.25, 0.3) is 0 Å². The normalized spacial score (nSPS) is 4.50. The summed E-state index contributed by atoms with van der Waals surface area (Å²) in [6.45, 7) is 0. The summed E-state index contributed by atoms with van der Waals surface area (Å²) < 4.78 is 0. The Morgan fingerprint density at radius 2 is 1.75 bits per heavy atom. The molecule has 0 rings (SSSR count). The Labute approximate surface area is 31.8 Å². The molecule has 0 radical (unpaired) electrons. The van der Waals surface area contributed by atoms with Gasteiger partial charge in [-0.05, 0) is 0 Å². The van der Waals surface area contributed by atoms with E-state index in [0.29, 0.717) is 6.00 Å². The van der Waals surface area contributed by atoms with Crippen LogP contribution in [0.1, 0.15) is 0 Å². The second-order valence-corrected chi connectivity index (χ2v) is 0.567. The number of hydrogen-bond acceptors (Lipinski definition) is 0. The molecule has 1 nitrogen and oxygen atoms in total. The molecule has 0 saturated carbocycles. The van der Waals surface area contributed by atoms with Crippen molar-refractivity contribution in [2.45, 2.75) is 0 Å². The van der Waals surface area contributed by atoms with Crippen LogP contribution >= 0.6 is 11.6 Å². The number of rotatable bonds is 0. The van der Waals surface area contributed by atoms with E-state index in [1.165, 1.54) is 0 Å². The summed E-state index contributed by atoms with van der Waals surface area (Å²) in [6.07, 6.45) is 0. The molecule has 0 fully saturated rings. The van der Waals surface area contributed by atoms with Crippen molar-refractivity contribution in [3.05, 3.63) is 7.43 Å². The summed E-state index contributed by atoms with van der Waals surface area (Å²) in [5.74, 6) is 0. The van der Waals surface area contributed by atoms with E-state index < -0.39 is 0 Å². The Kier molecular flexibility index (Phi) is 23.3. The van der Waals surface area contributed by atoms with E-state index in [1.807, 2.05) is 0 Å². The standard InChI is InChI=1S/CH4ClN.CH3/c2-1-3;/h1,3H2;1H3/q;-1/p+1. The van der Waals surface area contributed by atoms with Gasteiger partial charge in [-0.25, -0.2) is 0 Å². The van der Waals surface area contributed by atoms with Crippen molar-refractivity contribution < 1.29 is 5.73 Å². The molecule has 0 bridgehead atoms. The summed E-state index contributed by atoms with van der Waals surface area (Å²) >= 11 is 4.89. The molecule has 0 aromatic carbocycles. The van der Waals surface area contributed by atoms with Crippen LogP contribution in [-0.4, -0.2) is 6.00 Å². The lowest BCUT2D eigenvalue weighted by molar-refractivity contribution is -0.341. The Balaban J connectivity index is 0. The molecule has 0 saturated heterocycles. The van der Waals surface area contributed by atoms with Gasteiger partial charge in [0.05, 0.1) is 0 Å². The summed E-state index contributed by atoms with van der Waals surface area (Å²) in [7, 11) is 0. The monoisotopic (exact) mass is 81.0 g/mol. The lowest BCUT2D eigenvalue weighted by Crippen LogP contribution is -2.46. The first-order valence-corrected chi connectivity index (χ1v) is 1.30. The molecule has 3 N–H and O–H groups in total. The third kappa shape index (κ3) is 56.3.